The van der Waals surface area contributed by atoms with Crippen molar-refractivity contribution in [1.29, 1.82) is 0 Å². The second-order valence-electron chi connectivity index (χ2n) is 7.11. The highest BCUT2D eigenvalue weighted by atomic mass is 35.5. The van der Waals surface area contributed by atoms with Crippen LogP contribution in [0.25, 0.3) is 10.6 Å². The second kappa shape index (κ2) is 10.6. The molecular formula is C24H18Cl2N4O2S. The van der Waals surface area contributed by atoms with E-state index < -0.39 is 17.9 Å². The molecule has 0 aliphatic rings. The molecule has 6 nitrogen and oxygen atoms in total. The Balaban J connectivity index is 1.53. The van der Waals surface area contributed by atoms with Crippen molar-refractivity contribution < 1.29 is 9.59 Å². The number of anilines is 1. The van der Waals surface area contributed by atoms with Crippen molar-refractivity contribution in [2.24, 2.45) is 0 Å². The largest absolute Gasteiger partial charge is 0.340 e. The minimum Gasteiger partial charge on any atom is -0.340 e. The molecular weight excluding hydrogens is 479 g/mol. The van der Waals surface area contributed by atoms with E-state index in [-0.39, 0.29) is 17.0 Å². The highest BCUT2D eigenvalue weighted by molar-refractivity contribution is 7.18. The average molecular weight is 497 g/mol. The van der Waals surface area contributed by atoms with Crippen LogP contribution in [0.3, 0.4) is 0 Å². The smallest absolute Gasteiger partial charge is 0.253 e. The number of halogens is 2. The Hall–Kier alpha value is -3.26. The summed E-state index contributed by atoms with van der Waals surface area (Å²) in [6, 6.07) is 22.7. The third kappa shape index (κ3) is 5.96. The van der Waals surface area contributed by atoms with Crippen LogP contribution in [0.1, 0.15) is 15.9 Å². The van der Waals surface area contributed by atoms with E-state index in [1.165, 1.54) is 23.5 Å². The van der Waals surface area contributed by atoms with Gasteiger partial charge >= 0.3 is 0 Å². The summed E-state index contributed by atoms with van der Waals surface area (Å²) in [7, 11) is 0. The minimum absolute atomic E-state index is 0.204. The number of rotatable bonds is 7. The predicted molar refractivity (Wildman–Crippen MR) is 132 cm³/mol. The van der Waals surface area contributed by atoms with Crippen LogP contribution in [0.2, 0.25) is 10.0 Å². The normalized spacial score (nSPS) is 11.6. The molecule has 0 saturated heterocycles. The molecule has 0 unspecified atom stereocenters. The van der Waals surface area contributed by atoms with E-state index in [1.807, 2.05) is 60.7 Å². The van der Waals surface area contributed by atoms with Gasteiger partial charge < -0.3 is 5.32 Å². The molecule has 2 amide bonds. The van der Waals surface area contributed by atoms with E-state index in [0.717, 1.165) is 11.1 Å². The monoisotopic (exact) mass is 496 g/mol. The van der Waals surface area contributed by atoms with Crippen molar-refractivity contribution in [3.05, 3.63) is 100 Å². The number of hydrogen-bond acceptors (Lipinski definition) is 5. The zero-order valence-corrected chi connectivity index (χ0v) is 19.5. The fourth-order valence-electron chi connectivity index (χ4n) is 3.13. The van der Waals surface area contributed by atoms with Crippen molar-refractivity contribution in [3.63, 3.8) is 0 Å². The number of carbonyl (C=O) groups is 2. The number of nitrogens with one attached hydrogen (secondary N) is 2. The van der Waals surface area contributed by atoms with E-state index in [4.69, 9.17) is 23.2 Å². The van der Waals surface area contributed by atoms with Crippen molar-refractivity contribution >= 4 is 51.5 Å². The van der Waals surface area contributed by atoms with Gasteiger partial charge in [0.2, 0.25) is 11.0 Å². The van der Waals surface area contributed by atoms with Crippen molar-refractivity contribution in [3.8, 4) is 10.6 Å². The summed E-state index contributed by atoms with van der Waals surface area (Å²) >= 11 is 13.4. The first-order valence-corrected chi connectivity index (χ1v) is 11.6. The van der Waals surface area contributed by atoms with Crippen LogP contribution in [0.5, 0.6) is 0 Å². The second-order valence-corrected chi connectivity index (χ2v) is 8.93. The van der Waals surface area contributed by atoms with Gasteiger partial charge in [-0.25, -0.2) is 0 Å². The molecule has 0 saturated carbocycles. The van der Waals surface area contributed by atoms with E-state index in [0.29, 0.717) is 15.2 Å². The molecule has 0 fully saturated rings. The molecule has 1 atom stereocenters. The fraction of sp³-hybridized carbons (Fsp3) is 0.0833. The maximum absolute atomic E-state index is 13.1. The molecule has 166 valence electrons. The summed E-state index contributed by atoms with van der Waals surface area (Å²) in [5.41, 5.74) is 2.03. The Morgan fingerprint density at radius 3 is 2.30 bits per heavy atom. The fourth-order valence-corrected chi connectivity index (χ4v) is 4.38. The van der Waals surface area contributed by atoms with Gasteiger partial charge in [0, 0.05) is 17.0 Å². The molecule has 0 spiro atoms. The predicted octanol–water partition coefficient (Wildman–Crippen LogP) is 5.49. The molecule has 2 N–H and O–H groups in total. The van der Waals surface area contributed by atoms with E-state index >= 15 is 0 Å². The number of benzene rings is 3. The van der Waals surface area contributed by atoms with E-state index in [2.05, 4.69) is 20.8 Å². The van der Waals surface area contributed by atoms with Gasteiger partial charge in [-0.3, -0.25) is 14.9 Å². The Kier molecular flexibility index (Phi) is 7.34. The van der Waals surface area contributed by atoms with Gasteiger partial charge in [-0.1, -0.05) is 95.2 Å². The summed E-state index contributed by atoms with van der Waals surface area (Å²) in [5, 5.41) is 15.4. The van der Waals surface area contributed by atoms with Gasteiger partial charge in [-0.15, -0.1) is 10.2 Å². The Bertz CT molecular complexity index is 1270. The highest BCUT2D eigenvalue weighted by Crippen LogP contribution is 2.26. The van der Waals surface area contributed by atoms with Crippen LogP contribution in [0.4, 0.5) is 5.13 Å². The van der Waals surface area contributed by atoms with Crippen LogP contribution in [0.15, 0.2) is 78.9 Å². The number of amides is 2. The zero-order valence-electron chi connectivity index (χ0n) is 17.2. The van der Waals surface area contributed by atoms with Crippen LogP contribution in [-0.4, -0.2) is 28.1 Å². The van der Waals surface area contributed by atoms with Crippen LogP contribution in [0, 0.1) is 0 Å². The third-order valence-electron chi connectivity index (χ3n) is 4.76. The lowest BCUT2D eigenvalue weighted by Crippen LogP contribution is -2.45. The van der Waals surface area contributed by atoms with Crippen molar-refractivity contribution in [2.75, 3.05) is 5.32 Å². The number of carbonyl (C=O) groups excluding carboxylic acids is 2. The van der Waals surface area contributed by atoms with Crippen LogP contribution < -0.4 is 10.6 Å². The van der Waals surface area contributed by atoms with Crippen molar-refractivity contribution in [2.45, 2.75) is 12.5 Å². The van der Waals surface area contributed by atoms with Gasteiger partial charge in [0.15, 0.2) is 0 Å². The first kappa shape index (κ1) is 22.9. The van der Waals surface area contributed by atoms with Crippen molar-refractivity contribution in [1.82, 2.24) is 15.5 Å². The lowest BCUT2D eigenvalue weighted by atomic mass is 10.0. The van der Waals surface area contributed by atoms with Crippen LogP contribution in [-0.2, 0) is 11.2 Å². The van der Waals surface area contributed by atoms with Gasteiger partial charge in [0.1, 0.15) is 11.0 Å². The standard InChI is InChI=1S/C24H18Cl2N4O2S/c25-17-11-12-18(19(26)14-17)21(31)27-20(13-15-7-3-1-4-8-15)22(32)28-24-30-29-23(33-24)16-9-5-2-6-10-16/h1-12,14,20H,13H2,(H,27,31)(H,28,30,32)/t20-/m0/s1. The summed E-state index contributed by atoms with van der Waals surface area (Å²) in [6.07, 6.45) is 0.286. The number of nitrogens with zero attached hydrogens (tertiary/aromatic N) is 2. The number of aromatic nitrogens is 2. The quantitative estimate of drug-likeness (QED) is 0.354. The van der Waals surface area contributed by atoms with Gasteiger partial charge in [0.05, 0.1) is 10.6 Å². The maximum atomic E-state index is 13.1. The molecule has 4 rings (SSSR count). The Morgan fingerprint density at radius 1 is 0.909 bits per heavy atom. The SMILES string of the molecule is O=C(N[C@@H](Cc1ccccc1)C(=O)Nc1nnc(-c2ccccc2)s1)c1ccc(Cl)cc1Cl. The van der Waals surface area contributed by atoms with Gasteiger partial charge in [-0.05, 0) is 23.8 Å². The lowest BCUT2D eigenvalue weighted by Gasteiger charge is -2.18. The number of hydrogen-bond donors (Lipinski definition) is 2. The topological polar surface area (TPSA) is 84.0 Å². The highest BCUT2D eigenvalue weighted by Gasteiger charge is 2.24. The first-order chi connectivity index (χ1) is 16.0. The van der Waals surface area contributed by atoms with Gasteiger partial charge in [-0.2, -0.15) is 0 Å². The summed E-state index contributed by atoms with van der Waals surface area (Å²) in [4.78, 5) is 26.0. The molecule has 3 aromatic carbocycles. The summed E-state index contributed by atoms with van der Waals surface area (Å²) in [6.45, 7) is 0. The molecule has 0 bridgehead atoms. The summed E-state index contributed by atoms with van der Waals surface area (Å²) in [5.74, 6) is -0.886. The lowest BCUT2D eigenvalue weighted by molar-refractivity contribution is -0.118. The molecule has 0 radical (unpaired) electrons. The molecule has 1 heterocycles. The van der Waals surface area contributed by atoms with E-state index in [9.17, 15) is 9.59 Å². The molecule has 0 aliphatic heterocycles. The molecule has 9 heteroatoms. The molecule has 1 aromatic heterocycles. The Morgan fingerprint density at radius 2 is 1.61 bits per heavy atom. The van der Waals surface area contributed by atoms with E-state index in [1.54, 1.807) is 6.07 Å². The third-order valence-corrected chi connectivity index (χ3v) is 6.19. The summed E-state index contributed by atoms with van der Waals surface area (Å²) < 4.78 is 0. The van der Waals surface area contributed by atoms with Gasteiger partial charge in [0.25, 0.3) is 5.91 Å². The average Bonchev–Trinajstić information content (AvgIpc) is 3.28. The molecule has 4 aromatic rings. The maximum Gasteiger partial charge on any atom is 0.253 e. The molecule has 0 aliphatic carbocycles. The van der Waals surface area contributed by atoms with Crippen LogP contribution >= 0.6 is 34.5 Å². The minimum atomic E-state index is -0.865. The Labute approximate surface area is 204 Å². The molecule has 33 heavy (non-hydrogen) atoms. The zero-order chi connectivity index (χ0) is 23.2. The first-order valence-electron chi connectivity index (χ1n) is 9.99.